The molecule has 16 heteroatoms. The standard InChI is InChI=1S/C36H46N4O8P4/c1-7-25-37-51(43,38-26-8-2)35-21-17-33(18-22-35)47-49(41,29-11-5)45-31-13-15-32(16-14-31)46-50(42,30-12-6)48-34-19-23-36(24-20-34)52(44,39-27-9-3)40-28-10-4/h11-24H,5-7,9,25,27,29-30H2,1-4H3,(H2,37,38,43)(H2,39,40,44). The maximum Gasteiger partial charge on any atom is 0.434 e. The van der Waals surface area contributed by atoms with Crippen molar-refractivity contribution in [1.82, 2.24) is 20.3 Å². The van der Waals surface area contributed by atoms with Gasteiger partial charge in [-0.15, -0.1) is 13.2 Å². The van der Waals surface area contributed by atoms with Gasteiger partial charge in [-0.3, -0.25) is 19.3 Å². The van der Waals surface area contributed by atoms with E-state index in [0.717, 1.165) is 12.8 Å². The molecule has 4 atom stereocenters. The van der Waals surface area contributed by atoms with Crippen LogP contribution in [-0.4, -0.2) is 25.4 Å². The molecule has 278 valence electrons. The Hall–Kier alpha value is -4.10. The highest BCUT2D eigenvalue weighted by molar-refractivity contribution is 7.68. The lowest BCUT2D eigenvalue weighted by atomic mass is 10.3. The fraction of sp³-hybridized carbons (Fsp3) is 0.278. The third kappa shape index (κ3) is 12.5. The summed E-state index contributed by atoms with van der Waals surface area (Å²) >= 11 is 0. The lowest BCUT2D eigenvalue weighted by Crippen LogP contribution is -2.28. The van der Waals surface area contributed by atoms with Crippen molar-refractivity contribution in [3.63, 3.8) is 0 Å². The van der Waals surface area contributed by atoms with Crippen LogP contribution in [0.4, 0.5) is 0 Å². The number of allylic oxidation sites excluding steroid dienone is 2. The average molecular weight is 787 g/mol. The monoisotopic (exact) mass is 786 g/mol. The second-order valence-electron chi connectivity index (χ2n) is 11.0. The first-order chi connectivity index (χ1) is 24.9. The first kappa shape index (κ1) is 42.3. The smallest absolute Gasteiger partial charge is 0.416 e. The molecule has 0 aromatic heterocycles. The third-order valence-electron chi connectivity index (χ3n) is 6.75. The Labute approximate surface area is 307 Å². The first-order valence-corrected chi connectivity index (χ1v) is 23.3. The van der Waals surface area contributed by atoms with E-state index in [9.17, 15) is 18.3 Å². The van der Waals surface area contributed by atoms with Crippen LogP contribution in [0.1, 0.15) is 40.5 Å². The van der Waals surface area contributed by atoms with Crippen molar-refractivity contribution in [2.24, 2.45) is 0 Å². The van der Waals surface area contributed by atoms with Crippen LogP contribution in [0.15, 0.2) is 98.1 Å². The summed E-state index contributed by atoms with van der Waals surface area (Å²) in [5.74, 6) is 6.24. The van der Waals surface area contributed by atoms with Crippen molar-refractivity contribution in [2.75, 3.05) is 25.4 Å². The molecule has 3 aromatic carbocycles. The van der Waals surface area contributed by atoms with Gasteiger partial charge in [-0.05, 0) is 99.5 Å². The summed E-state index contributed by atoms with van der Waals surface area (Å²) in [6, 6.07) is 23.9. The Morgan fingerprint density at radius 1 is 0.558 bits per heavy atom. The molecule has 52 heavy (non-hydrogen) atoms. The summed E-state index contributed by atoms with van der Waals surface area (Å²) in [4.78, 5) is 0. The molecule has 4 unspecified atom stereocenters. The normalized spacial score (nSPS) is 15.2. The molecule has 0 bridgehead atoms. The van der Waals surface area contributed by atoms with E-state index >= 15 is 0 Å². The van der Waals surface area contributed by atoms with Gasteiger partial charge in [-0.1, -0.05) is 37.8 Å². The van der Waals surface area contributed by atoms with E-state index in [4.69, 9.17) is 18.1 Å². The second kappa shape index (κ2) is 20.2. The molecule has 0 aliphatic carbocycles. The third-order valence-corrected chi connectivity index (χ3v) is 14.4. The van der Waals surface area contributed by atoms with Crippen molar-refractivity contribution < 1.29 is 36.4 Å². The van der Waals surface area contributed by atoms with E-state index in [-0.39, 0.29) is 35.3 Å². The quantitative estimate of drug-likeness (QED) is 0.0337. The summed E-state index contributed by atoms with van der Waals surface area (Å²) in [5, 5.41) is 12.5. The highest BCUT2D eigenvalue weighted by Crippen LogP contribution is 2.51. The summed E-state index contributed by atoms with van der Waals surface area (Å²) < 4.78 is 77.8. The zero-order chi connectivity index (χ0) is 38.1. The van der Waals surface area contributed by atoms with Crippen molar-refractivity contribution >= 4 is 40.7 Å². The zero-order valence-corrected chi connectivity index (χ0v) is 33.4. The number of rotatable bonds is 22. The van der Waals surface area contributed by atoms with Gasteiger partial charge in [0.05, 0.1) is 12.3 Å². The molecule has 0 radical (unpaired) electrons. The molecule has 0 aliphatic rings. The van der Waals surface area contributed by atoms with Gasteiger partial charge in [0, 0.05) is 35.8 Å². The van der Waals surface area contributed by atoms with Crippen LogP contribution in [-0.2, 0) is 18.3 Å². The Bertz CT molecular complexity index is 1820. The molecule has 3 rings (SSSR count). The molecule has 0 heterocycles. The molecule has 12 nitrogen and oxygen atoms in total. The zero-order valence-electron chi connectivity index (χ0n) is 29.8. The summed E-state index contributed by atoms with van der Waals surface area (Å²) in [6.07, 6.45) is 4.18. The molecule has 3 aromatic rings. The minimum absolute atomic E-state index is 0.107. The fourth-order valence-electron chi connectivity index (χ4n) is 4.34. The van der Waals surface area contributed by atoms with Crippen molar-refractivity contribution in [1.29, 1.82) is 0 Å². The van der Waals surface area contributed by atoms with Crippen LogP contribution in [0, 0.1) is 23.9 Å². The Morgan fingerprint density at radius 3 is 1.10 bits per heavy atom. The van der Waals surface area contributed by atoms with Crippen LogP contribution in [0.3, 0.4) is 0 Å². The van der Waals surface area contributed by atoms with Crippen LogP contribution in [0.2, 0.25) is 0 Å². The predicted octanol–water partition coefficient (Wildman–Crippen LogP) is 8.14. The Balaban J connectivity index is 1.74. The van der Waals surface area contributed by atoms with E-state index in [1.807, 2.05) is 13.8 Å². The van der Waals surface area contributed by atoms with Crippen LogP contribution < -0.4 is 49.1 Å². The number of hydrogen-bond donors (Lipinski definition) is 4. The molecule has 0 spiro atoms. The minimum Gasteiger partial charge on any atom is -0.416 e. The van der Waals surface area contributed by atoms with Gasteiger partial charge in [0.2, 0.25) is 0 Å². The lowest BCUT2D eigenvalue weighted by molar-refractivity contribution is 0.384. The van der Waals surface area contributed by atoms with Gasteiger partial charge in [0.25, 0.3) is 14.9 Å². The van der Waals surface area contributed by atoms with Gasteiger partial charge in [0.15, 0.2) is 0 Å². The largest absolute Gasteiger partial charge is 0.434 e. The second-order valence-corrected chi connectivity index (χ2v) is 19.5. The van der Waals surface area contributed by atoms with Gasteiger partial charge in [-0.2, -0.15) is 0 Å². The van der Waals surface area contributed by atoms with E-state index in [2.05, 4.69) is 57.4 Å². The van der Waals surface area contributed by atoms with E-state index in [0.29, 0.717) is 23.7 Å². The molecule has 0 saturated carbocycles. The van der Waals surface area contributed by atoms with Crippen LogP contribution in [0.25, 0.3) is 0 Å². The fourth-order valence-corrected chi connectivity index (χ4v) is 10.7. The van der Waals surface area contributed by atoms with Gasteiger partial charge >= 0.3 is 15.2 Å². The highest BCUT2D eigenvalue weighted by Gasteiger charge is 2.30. The Kier molecular flexibility index (Phi) is 16.5. The van der Waals surface area contributed by atoms with Crippen LogP contribution in [0.5, 0.6) is 23.0 Å². The van der Waals surface area contributed by atoms with Crippen molar-refractivity contribution in [3.05, 3.63) is 98.1 Å². The topological polar surface area (TPSA) is 153 Å². The van der Waals surface area contributed by atoms with Gasteiger partial charge in [-0.25, -0.2) is 19.3 Å². The van der Waals surface area contributed by atoms with Crippen LogP contribution >= 0.6 is 30.1 Å². The van der Waals surface area contributed by atoms with E-state index < -0.39 is 30.1 Å². The average Bonchev–Trinajstić information content (AvgIpc) is 3.13. The first-order valence-electron chi connectivity index (χ1n) is 16.5. The molecular formula is C36H46N4O8P4. The van der Waals surface area contributed by atoms with Crippen molar-refractivity contribution in [2.45, 2.75) is 40.5 Å². The van der Waals surface area contributed by atoms with Gasteiger partial charge < -0.3 is 18.1 Å². The maximum atomic E-state index is 13.8. The molecule has 0 amide bonds. The lowest BCUT2D eigenvalue weighted by Gasteiger charge is -2.22. The molecule has 4 N–H and O–H groups in total. The maximum absolute atomic E-state index is 13.8. The predicted molar refractivity (Wildman–Crippen MR) is 211 cm³/mol. The van der Waals surface area contributed by atoms with E-state index in [1.54, 1.807) is 62.4 Å². The summed E-state index contributed by atoms with van der Waals surface area (Å²) in [6.45, 7) is 15.6. The van der Waals surface area contributed by atoms with E-state index in [1.165, 1.54) is 36.4 Å². The molecular weight excluding hydrogens is 740 g/mol. The number of hydrogen-bond acceptors (Lipinski definition) is 8. The number of nitrogens with one attached hydrogen (secondary N) is 4. The summed E-state index contributed by atoms with van der Waals surface area (Å²) in [7, 11) is -14.0. The van der Waals surface area contributed by atoms with Gasteiger partial charge in [0.1, 0.15) is 23.0 Å². The number of benzene rings is 3. The SMILES string of the molecule is C=CCP(=O)(Oc1ccc(OP(=O)(CC=C)Oc2ccc(P(=O)(NC#CC)NCCC)cc2)cc1)Oc1ccc(P(=O)(NC#CC)NCCC)cc1. The minimum atomic E-state index is -3.81. The highest BCUT2D eigenvalue weighted by atomic mass is 31.2. The molecule has 0 saturated heterocycles. The molecule has 0 aliphatic heterocycles. The van der Waals surface area contributed by atoms with Crippen molar-refractivity contribution in [3.8, 4) is 46.9 Å². The summed E-state index contributed by atoms with van der Waals surface area (Å²) in [5.41, 5.74) is 0. The molecule has 0 fully saturated rings. The Morgan fingerprint density at radius 2 is 0.846 bits per heavy atom.